The van der Waals surface area contributed by atoms with E-state index >= 15 is 0 Å². The number of methoxy groups -OCH3 is 2. The highest BCUT2D eigenvalue weighted by molar-refractivity contribution is 5.89. The average molecular weight is 393 g/mol. The molecule has 3 N–H and O–H groups in total. The van der Waals surface area contributed by atoms with Crippen molar-refractivity contribution in [3.8, 4) is 11.5 Å². The van der Waals surface area contributed by atoms with E-state index in [0.29, 0.717) is 34.6 Å². The number of benzene rings is 2. The average Bonchev–Trinajstić information content (AvgIpc) is 2.67. The van der Waals surface area contributed by atoms with Gasteiger partial charge in [0.25, 0.3) is 0 Å². The normalized spacial score (nSPS) is 10.2. The molecule has 0 aliphatic rings. The first-order valence-corrected chi connectivity index (χ1v) is 8.96. The van der Waals surface area contributed by atoms with E-state index in [9.17, 15) is 4.79 Å². The van der Waals surface area contributed by atoms with E-state index in [1.807, 2.05) is 49.4 Å². The molecule has 0 atom stereocenters. The highest BCUT2D eigenvalue weighted by atomic mass is 16.5. The molecule has 2 aromatic carbocycles. The van der Waals surface area contributed by atoms with Crippen LogP contribution in [0.1, 0.15) is 12.7 Å². The topological polar surface area (TPSA) is 97.4 Å². The van der Waals surface area contributed by atoms with Gasteiger partial charge in [-0.15, -0.1) is 0 Å². The Bertz CT molecular complexity index is 1020. The molecule has 29 heavy (non-hydrogen) atoms. The second kappa shape index (κ2) is 8.92. The fourth-order valence-electron chi connectivity index (χ4n) is 2.78. The monoisotopic (exact) mass is 393 g/mol. The van der Waals surface area contributed by atoms with Crippen molar-refractivity contribution in [1.29, 1.82) is 0 Å². The van der Waals surface area contributed by atoms with Crippen LogP contribution in [0.2, 0.25) is 0 Å². The summed E-state index contributed by atoms with van der Waals surface area (Å²) < 4.78 is 10.6. The van der Waals surface area contributed by atoms with Crippen LogP contribution >= 0.6 is 0 Å². The minimum absolute atomic E-state index is 0.124. The molecule has 0 unspecified atom stereocenters. The molecule has 0 aliphatic carbocycles. The molecule has 8 heteroatoms. The first kappa shape index (κ1) is 19.9. The van der Waals surface area contributed by atoms with E-state index in [2.05, 4.69) is 25.9 Å². The zero-order valence-electron chi connectivity index (χ0n) is 16.7. The molecule has 0 radical (unpaired) electrons. The predicted octanol–water partition coefficient (Wildman–Crippen LogP) is 4.25. The summed E-state index contributed by atoms with van der Waals surface area (Å²) in [6.45, 7) is 3.29. The number of ether oxygens (including phenoxy) is 2. The van der Waals surface area contributed by atoms with Gasteiger partial charge in [-0.2, -0.15) is 0 Å². The van der Waals surface area contributed by atoms with Gasteiger partial charge in [0.15, 0.2) is 11.5 Å². The lowest BCUT2D eigenvalue weighted by atomic mass is 10.2. The maximum atomic E-state index is 11.3. The summed E-state index contributed by atoms with van der Waals surface area (Å²) in [5.74, 6) is 3.01. The number of anilines is 5. The molecule has 1 aromatic heterocycles. The highest BCUT2D eigenvalue weighted by Crippen LogP contribution is 2.31. The number of nitrogens with zero attached hydrogens (tertiary/aromatic N) is 2. The Morgan fingerprint density at radius 2 is 1.45 bits per heavy atom. The zero-order chi connectivity index (χ0) is 20.8. The van der Waals surface area contributed by atoms with E-state index in [1.54, 1.807) is 20.3 Å². The number of hydrogen-bond donors (Lipinski definition) is 3. The molecule has 0 saturated carbocycles. The number of aromatic nitrogens is 2. The minimum Gasteiger partial charge on any atom is -0.493 e. The van der Waals surface area contributed by atoms with E-state index in [-0.39, 0.29) is 5.91 Å². The van der Waals surface area contributed by atoms with E-state index < -0.39 is 0 Å². The van der Waals surface area contributed by atoms with Crippen molar-refractivity contribution in [3.63, 3.8) is 0 Å². The van der Waals surface area contributed by atoms with Crippen molar-refractivity contribution in [2.45, 2.75) is 13.8 Å². The Hall–Kier alpha value is -3.81. The van der Waals surface area contributed by atoms with Crippen LogP contribution in [-0.4, -0.2) is 30.1 Å². The van der Waals surface area contributed by atoms with Gasteiger partial charge in [0, 0.05) is 36.1 Å². The molecule has 1 amide bonds. The molecular weight excluding hydrogens is 370 g/mol. The third-order valence-corrected chi connectivity index (χ3v) is 3.95. The molecule has 1 heterocycles. The maximum absolute atomic E-state index is 11.3. The lowest BCUT2D eigenvalue weighted by molar-refractivity contribution is -0.114. The summed E-state index contributed by atoms with van der Waals surface area (Å²) in [5, 5.41) is 9.25. The summed E-state index contributed by atoms with van der Waals surface area (Å²) in [6.07, 6.45) is 0. The third-order valence-electron chi connectivity index (χ3n) is 3.95. The lowest BCUT2D eigenvalue weighted by Gasteiger charge is -2.13. The third kappa shape index (κ3) is 5.35. The molecular formula is C21H23N5O3. The first-order valence-electron chi connectivity index (χ1n) is 8.96. The van der Waals surface area contributed by atoms with Crippen LogP contribution < -0.4 is 25.4 Å². The molecule has 0 fully saturated rings. The van der Waals surface area contributed by atoms with Crippen LogP contribution in [0.4, 0.5) is 28.7 Å². The van der Waals surface area contributed by atoms with Gasteiger partial charge in [-0.05, 0) is 37.3 Å². The molecule has 0 saturated heterocycles. The quantitative estimate of drug-likeness (QED) is 0.552. The maximum Gasteiger partial charge on any atom is 0.221 e. The van der Waals surface area contributed by atoms with Crippen molar-refractivity contribution in [1.82, 2.24) is 9.97 Å². The van der Waals surface area contributed by atoms with Gasteiger partial charge < -0.3 is 25.4 Å². The van der Waals surface area contributed by atoms with Crippen molar-refractivity contribution < 1.29 is 14.3 Å². The van der Waals surface area contributed by atoms with Crippen molar-refractivity contribution in [2.24, 2.45) is 0 Å². The highest BCUT2D eigenvalue weighted by Gasteiger charge is 2.08. The molecule has 0 spiro atoms. The molecule has 0 bridgehead atoms. The number of aryl methyl sites for hydroxylation is 1. The number of nitrogens with one attached hydrogen (secondary N) is 3. The van der Waals surface area contributed by atoms with Gasteiger partial charge in [-0.1, -0.05) is 6.07 Å². The number of carbonyl (C=O) groups excluding carboxylic acids is 1. The van der Waals surface area contributed by atoms with Crippen molar-refractivity contribution >= 4 is 34.6 Å². The SMILES string of the molecule is COc1ccc(Nc2cc(Nc3cccc(NC(C)=O)c3)nc(C)n2)cc1OC. The second-order valence-electron chi connectivity index (χ2n) is 6.27. The van der Waals surface area contributed by atoms with Crippen LogP contribution in [-0.2, 0) is 4.79 Å². The number of amides is 1. The number of carbonyl (C=O) groups is 1. The van der Waals surface area contributed by atoms with Crippen molar-refractivity contribution in [2.75, 3.05) is 30.2 Å². The Labute approximate surface area is 169 Å². The lowest BCUT2D eigenvalue weighted by Crippen LogP contribution is -2.06. The van der Waals surface area contributed by atoms with Crippen LogP contribution in [0.3, 0.4) is 0 Å². The molecule has 3 rings (SSSR count). The Morgan fingerprint density at radius 3 is 2.07 bits per heavy atom. The van der Waals surface area contributed by atoms with Crippen LogP contribution in [0, 0.1) is 6.92 Å². The summed E-state index contributed by atoms with van der Waals surface area (Å²) in [4.78, 5) is 20.1. The predicted molar refractivity (Wildman–Crippen MR) is 114 cm³/mol. The van der Waals surface area contributed by atoms with Crippen molar-refractivity contribution in [3.05, 3.63) is 54.4 Å². The van der Waals surface area contributed by atoms with Gasteiger partial charge in [-0.3, -0.25) is 4.79 Å². The molecule has 150 valence electrons. The summed E-state index contributed by atoms with van der Waals surface area (Å²) in [7, 11) is 3.19. The minimum atomic E-state index is -0.124. The van der Waals surface area contributed by atoms with Gasteiger partial charge >= 0.3 is 0 Å². The Morgan fingerprint density at radius 1 is 0.828 bits per heavy atom. The first-order chi connectivity index (χ1) is 14.0. The summed E-state index contributed by atoms with van der Waals surface area (Å²) in [5.41, 5.74) is 2.31. The standard InChI is InChI=1S/C21H23N5O3/c1-13-22-20(25-16-7-5-6-15(10-16)24-14(2)27)12-21(23-13)26-17-8-9-18(28-3)19(11-17)29-4/h5-12H,1-4H3,(H,24,27)(H2,22,23,25,26). The summed E-state index contributed by atoms with van der Waals surface area (Å²) in [6, 6.07) is 14.7. The van der Waals surface area contributed by atoms with Gasteiger partial charge in [0.2, 0.25) is 5.91 Å². The van der Waals surface area contributed by atoms with Crippen LogP contribution in [0.25, 0.3) is 0 Å². The molecule has 8 nitrogen and oxygen atoms in total. The van der Waals surface area contributed by atoms with Gasteiger partial charge in [-0.25, -0.2) is 9.97 Å². The van der Waals surface area contributed by atoms with Crippen LogP contribution in [0.5, 0.6) is 11.5 Å². The number of rotatable bonds is 7. The summed E-state index contributed by atoms with van der Waals surface area (Å²) >= 11 is 0. The van der Waals surface area contributed by atoms with Crippen LogP contribution in [0.15, 0.2) is 48.5 Å². The van der Waals surface area contributed by atoms with Gasteiger partial charge in [0.1, 0.15) is 17.5 Å². The largest absolute Gasteiger partial charge is 0.493 e. The van der Waals surface area contributed by atoms with E-state index in [1.165, 1.54) is 6.92 Å². The second-order valence-corrected chi connectivity index (χ2v) is 6.27. The molecule has 3 aromatic rings. The van der Waals surface area contributed by atoms with E-state index in [4.69, 9.17) is 9.47 Å². The number of hydrogen-bond acceptors (Lipinski definition) is 7. The Kier molecular flexibility index (Phi) is 6.13. The Balaban J connectivity index is 1.81. The molecule has 0 aliphatic heterocycles. The fraction of sp³-hybridized carbons (Fsp3) is 0.190. The zero-order valence-corrected chi connectivity index (χ0v) is 16.7. The van der Waals surface area contributed by atoms with E-state index in [0.717, 1.165) is 11.4 Å². The fourth-order valence-corrected chi connectivity index (χ4v) is 2.78. The van der Waals surface area contributed by atoms with Gasteiger partial charge in [0.05, 0.1) is 14.2 Å². The smallest absolute Gasteiger partial charge is 0.221 e.